The van der Waals surface area contributed by atoms with Crippen LogP contribution < -0.4 is 41.5 Å². The van der Waals surface area contributed by atoms with Crippen LogP contribution in [0, 0.1) is 0 Å². The highest BCUT2D eigenvalue weighted by atomic mass is 15.2. The van der Waals surface area contributed by atoms with Crippen LogP contribution in [0.1, 0.15) is 0 Å². The maximum Gasteiger partial charge on any atom is 0.333 e. The van der Waals surface area contributed by atoms with Crippen LogP contribution in [0.4, 0.5) is 68.2 Å². The van der Waals surface area contributed by atoms with E-state index in [0.29, 0.717) is 0 Å². The minimum Gasteiger partial charge on any atom is -0.375 e. The molecule has 0 N–H and O–H groups in total. The van der Waals surface area contributed by atoms with Crippen molar-refractivity contribution >= 4 is 147 Å². The Morgan fingerprint density at radius 3 is 0.953 bits per heavy atom. The van der Waals surface area contributed by atoms with Crippen molar-refractivity contribution in [2.75, 3.05) is 19.6 Å². The van der Waals surface area contributed by atoms with Gasteiger partial charge in [0.15, 0.2) is 0 Å². The lowest BCUT2D eigenvalue weighted by atomic mass is 9.44. The van der Waals surface area contributed by atoms with E-state index in [1.165, 1.54) is 99.1 Å². The molecule has 0 radical (unpaired) electrons. The number of fused-ring (bicyclic) bond motifs is 16. The van der Waals surface area contributed by atoms with Crippen LogP contribution in [0.25, 0.3) is 65.9 Å². The number of rotatable bonds is 8. The molecule has 0 saturated carbocycles. The van der Waals surface area contributed by atoms with E-state index in [1.807, 2.05) is 0 Å². The van der Waals surface area contributed by atoms with Crippen molar-refractivity contribution in [3.05, 3.63) is 303 Å². The first-order chi connectivity index (χ1) is 42.8. The maximum atomic E-state index is 2.76. The zero-order valence-electron chi connectivity index (χ0n) is 46.7. The second kappa shape index (κ2) is 18.1. The van der Waals surface area contributed by atoms with E-state index >= 15 is 0 Å². The van der Waals surface area contributed by atoms with E-state index in [0.717, 1.165) is 56.9 Å². The van der Waals surface area contributed by atoms with E-state index in [9.17, 15) is 0 Å². The Labute approximate surface area is 498 Å². The van der Waals surface area contributed by atoms with Crippen LogP contribution in [0.15, 0.2) is 303 Å². The lowest BCUT2D eigenvalue weighted by Gasteiger charge is -2.43. The Morgan fingerprint density at radius 1 is 0.267 bits per heavy atom. The van der Waals surface area contributed by atoms with Gasteiger partial charge in [-0.1, -0.05) is 182 Å². The smallest absolute Gasteiger partial charge is 0.333 e. The molecule has 0 spiro atoms. The van der Waals surface area contributed by atoms with Gasteiger partial charge in [0.25, 0.3) is 0 Å². The highest BCUT2D eigenvalue weighted by Gasteiger charge is 2.49. The molecular weight excluding hydrogens is 1040 g/mol. The van der Waals surface area contributed by atoms with Crippen LogP contribution in [0.5, 0.6) is 0 Å². The molecule has 0 unspecified atom stereocenters. The molecule has 2 aromatic heterocycles. The largest absolute Gasteiger partial charge is 0.375 e. The Hall–Kier alpha value is -11.2. The highest BCUT2D eigenvalue weighted by Crippen LogP contribution is 2.57. The minimum atomic E-state index is -0.177. The number of aromatic nitrogens is 2. The fourth-order valence-corrected chi connectivity index (χ4v) is 15.5. The van der Waals surface area contributed by atoms with Gasteiger partial charge in [-0.05, 0) is 154 Å². The molecule has 8 heteroatoms. The van der Waals surface area contributed by atoms with Gasteiger partial charge in [0.2, 0.25) is 0 Å². The second-order valence-corrected chi connectivity index (χ2v) is 23.1. The van der Waals surface area contributed by atoms with Gasteiger partial charge in [0.1, 0.15) is 0 Å². The summed E-state index contributed by atoms with van der Waals surface area (Å²) in [6.45, 7) is -0.354. The van der Waals surface area contributed by atoms with Crippen LogP contribution in [0.3, 0.4) is 0 Å². The molecule has 0 aliphatic carbocycles. The number of para-hydroxylation sites is 10. The molecule has 15 aromatic rings. The summed E-state index contributed by atoms with van der Waals surface area (Å²) < 4.78 is 5.52. The molecule has 19 rings (SSSR count). The first-order valence-corrected chi connectivity index (χ1v) is 29.8. The molecule has 0 fully saturated rings. The summed E-state index contributed by atoms with van der Waals surface area (Å²) in [6.07, 6.45) is 0. The summed E-state index contributed by atoms with van der Waals surface area (Å²) in [4.78, 5) is 9.99. The van der Waals surface area contributed by atoms with Crippen molar-refractivity contribution in [2.24, 2.45) is 0 Å². The first kappa shape index (κ1) is 47.3. The molecule has 0 amide bonds. The maximum absolute atomic E-state index is 2.76. The van der Waals surface area contributed by atoms with Gasteiger partial charge >= 0.3 is 13.7 Å². The van der Waals surface area contributed by atoms with E-state index in [-0.39, 0.29) is 13.7 Å². The van der Waals surface area contributed by atoms with E-state index in [2.05, 4.69) is 332 Å². The average molecular weight is 1090 g/mol. The monoisotopic (exact) mass is 1090 g/mol. The van der Waals surface area contributed by atoms with E-state index in [1.54, 1.807) is 0 Å². The molecule has 6 heterocycles. The molecule has 86 heavy (non-hydrogen) atoms. The summed E-state index contributed by atoms with van der Waals surface area (Å²) in [5, 5.41) is 5.01. The Morgan fingerprint density at radius 2 is 0.581 bits per heavy atom. The van der Waals surface area contributed by atoms with E-state index < -0.39 is 0 Å². The summed E-state index contributed by atoms with van der Waals surface area (Å²) in [5.41, 5.74) is 28.5. The molecule has 0 atom stereocenters. The summed E-state index contributed by atoms with van der Waals surface area (Å²) in [6, 6.07) is 113. The fourth-order valence-electron chi connectivity index (χ4n) is 15.5. The average Bonchev–Trinajstić information content (AvgIpc) is 1.43. The SMILES string of the molecule is c1ccc(N(c2ccccc2)c2cc3c4c(c2)N(c2ccccc2)c2ccccc2B4n2c4ccccc4c4c5c6c(c-3c42)c2ccccc2n6B2c3ccccc3N(c3ccccc3)c3cc(N(c4ccccc4)c4ccccc4)cc-5c32)cc1. The first-order valence-electron chi connectivity index (χ1n) is 29.8. The van der Waals surface area contributed by atoms with Gasteiger partial charge in [-0.25, -0.2) is 0 Å². The molecule has 13 aromatic carbocycles. The minimum absolute atomic E-state index is 0.177. The van der Waals surface area contributed by atoms with Gasteiger partial charge in [-0.15, -0.1) is 0 Å². The molecule has 4 aliphatic rings. The molecular formula is C78H50B2N6. The third-order valence-electron chi connectivity index (χ3n) is 18.7. The van der Waals surface area contributed by atoms with Crippen LogP contribution in [-0.2, 0) is 0 Å². The number of nitrogens with zero attached hydrogens (tertiary/aromatic N) is 6. The number of hydrogen-bond donors (Lipinski definition) is 0. The number of benzene rings is 13. The van der Waals surface area contributed by atoms with Crippen molar-refractivity contribution in [1.82, 2.24) is 8.96 Å². The highest BCUT2D eigenvalue weighted by molar-refractivity contribution is 6.92. The quantitative estimate of drug-likeness (QED) is 0.141. The predicted molar refractivity (Wildman–Crippen MR) is 363 cm³/mol. The normalized spacial score (nSPS) is 13.0. The van der Waals surface area contributed by atoms with Gasteiger partial charge in [0.05, 0.1) is 0 Å². The van der Waals surface area contributed by atoms with Gasteiger partial charge in [-0.3, -0.25) is 0 Å². The second-order valence-electron chi connectivity index (χ2n) is 23.1. The van der Waals surface area contributed by atoms with Crippen molar-refractivity contribution in [1.29, 1.82) is 0 Å². The fraction of sp³-hybridized carbons (Fsp3) is 0. The molecule has 0 bridgehead atoms. The van der Waals surface area contributed by atoms with Crippen molar-refractivity contribution < 1.29 is 0 Å². The topological polar surface area (TPSA) is 22.8 Å². The van der Waals surface area contributed by atoms with Crippen LogP contribution in [-0.4, -0.2) is 22.7 Å². The van der Waals surface area contributed by atoms with Crippen molar-refractivity contribution in [3.63, 3.8) is 0 Å². The third-order valence-corrected chi connectivity index (χ3v) is 18.7. The third kappa shape index (κ3) is 6.47. The number of hydrogen-bond acceptors (Lipinski definition) is 4. The molecule has 398 valence electrons. The van der Waals surface area contributed by atoms with Crippen molar-refractivity contribution in [3.8, 4) is 22.3 Å². The van der Waals surface area contributed by atoms with Crippen LogP contribution in [0.2, 0.25) is 0 Å². The zero-order valence-corrected chi connectivity index (χ0v) is 46.7. The Bertz CT molecular complexity index is 4850. The lowest BCUT2D eigenvalue weighted by molar-refractivity contribution is 1.23. The zero-order chi connectivity index (χ0) is 56.1. The number of anilines is 12. The summed E-state index contributed by atoms with van der Waals surface area (Å²) in [5.74, 6) is 0. The standard InChI is InChI=1S/C78H50B2N6/c1-7-27-51(28-8-1)81(52-29-9-2-10-30-52)57-47-61-73-71-59-39-19-23-43-65(59)86-78(71)74(72-60-40-20-24-44-66(60)85(77(72)73)79-63-41-21-25-45-67(63)83(69(49-57)75(61)79)55-35-15-5-16-36-55)62-48-58(82(53-31-11-3-12-32-53)54-33-13-4-14-34-54)50-70-76(62)80(86)64-42-22-26-46-68(64)84(70)56-37-17-6-18-38-56/h1-50H. The molecule has 4 aliphatic heterocycles. The Balaban J connectivity index is 1.03. The molecule has 6 nitrogen and oxygen atoms in total. The molecule has 0 saturated heterocycles. The van der Waals surface area contributed by atoms with Gasteiger partial charge in [0, 0.05) is 123 Å². The lowest BCUT2D eigenvalue weighted by Crippen LogP contribution is -2.57. The van der Waals surface area contributed by atoms with Crippen LogP contribution >= 0.6 is 0 Å². The van der Waals surface area contributed by atoms with Gasteiger partial charge in [-0.2, -0.15) is 0 Å². The van der Waals surface area contributed by atoms with E-state index in [4.69, 9.17) is 0 Å². The Kier molecular flexibility index (Phi) is 9.98. The summed E-state index contributed by atoms with van der Waals surface area (Å²) in [7, 11) is 0. The predicted octanol–water partition coefficient (Wildman–Crippen LogP) is 17.7. The van der Waals surface area contributed by atoms with Gasteiger partial charge < -0.3 is 28.6 Å². The summed E-state index contributed by atoms with van der Waals surface area (Å²) >= 11 is 0. The van der Waals surface area contributed by atoms with Crippen molar-refractivity contribution in [2.45, 2.75) is 0 Å².